The van der Waals surface area contributed by atoms with Crippen LogP contribution in [0.1, 0.15) is 37.8 Å². The molecule has 2 rings (SSSR count). The van der Waals surface area contributed by atoms with Gasteiger partial charge in [-0.25, -0.2) is 4.98 Å². The van der Waals surface area contributed by atoms with Crippen molar-refractivity contribution in [2.75, 3.05) is 11.9 Å². The Labute approximate surface area is 102 Å². The second-order valence-corrected chi connectivity index (χ2v) is 4.80. The average Bonchev–Trinajstić information content (AvgIpc) is 2.38. The lowest BCUT2D eigenvalue weighted by molar-refractivity contribution is 0.311. The molecule has 0 aliphatic heterocycles. The molecular formula is C13H18N4. The maximum Gasteiger partial charge on any atom is 0.142 e. The Hall–Kier alpha value is -1.60. The predicted octanol–water partition coefficient (Wildman–Crippen LogP) is 2.03. The molecule has 0 bridgehead atoms. The first-order valence-electron chi connectivity index (χ1n) is 6.12. The molecule has 90 valence electrons. The van der Waals surface area contributed by atoms with E-state index >= 15 is 0 Å². The Kier molecular flexibility index (Phi) is 3.60. The lowest BCUT2D eigenvalue weighted by Crippen LogP contribution is -2.47. The van der Waals surface area contributed by atoms with E-state index in [0.29, 0.717) is 5.69 Å². The molecule has 3 N–H and O–H groups in total. The fourth-order valence-corrected chi connectivity index (χ4v) is 2.29. The minimum Gasteiger partial charge on any atom is -0.368 e. The maximum atomic E-state index is 8.76. The van der Waals surface area contributed by atoms with Crippen molar-refractivity contribution in [3.8, 4) is 6.07 Å². The minimum atomic E-state index is -0.109. The van der Waals surface area contributed by atoms with E-state index in [9.17, 15) is 0 Å². The van der Waals surface area contributed by atoms with Crippen molar-refractivity contribution >= 4 is 5.82 Å². The summed E-state index contributed by atoms with van der Waals surface area (Å²) < 4.78 is 0. The summed E-state index contributed by atoms with van der Waals surface area (Å²) in [6.07, 6.45) is 5.85. The Morgan fingerprint density at radius 1 is 1.35 bits per heavy atom. The Morgan fingerprint density at radius 3 is 2.82 bits per heavy atom. The van der Waals surface area contributed by atoms with Crippen LogP contribution in [0, 0.1) is 11.3 Å². The first-order chi connectivity index (χ1) is 8.22. The smallest absolute Gasteiger partial charge is 0.142 e. The molecule has 4 heteroatoms. The molecule has 17 heavy (non-hydrogen) atoms. The zero-order chi connectivity index (χ0) is 12.1. The first kappa shape index (κ1) is 11.9. The number of nitrogens with one attached hydrogen (secondary N) is 1. The van der Waals surface area contributed by atoms with E-state index in [4.69, 9.17) is 11.0 Å². The van der Waals surface area contributed by atoms with Gasteiger partial charge in [-0.15, -0.1) is 0 Å². The highest BCUT2D eigenvalue weighted by atomic mass is 15.0. The van der Waals surface area contributed by atoms with Crippen LogP contribution in [-0.4, -0.2) is 17.1 Å². The molecule has 0 spiro atoms. The number of nitriles is 1. The monoisotopic (exact) mass is 230 g/mol. The standard InChI is InChI=1S/C13H18N4/c14-9-11-5-4-6-12(17-11)16-10-13(15)7-2-1-3-8-13/h4-6H,1-3,7-8,10,15H2,(H,16,17). The van der Waals surface area contributed by atoms with Crippen molar-refractivity contribution in [3.05, 3.63) is 23.9 Å². The van der Waals surface area contributed by atoms with Crippen molar-refractivity contribution in [2.45, 2.75) is 37.6 Å². The summed E-state index contributed by atoms with van der Waals surface area (Å²) in [5.41, 5.74) is 6.65. The second kappa shape index (κ2) is 5.15. The Bertz CT molecular complexity index is 416. The largest absolute Gasteiger partial charge is 0.368 e. The van der Waals surface area contributed by atoms with Gasteiger partial charge < -0.3 is 11.1 Å². The zero-order valence-corrected chi connectivity index (χ0v) is 9.95. The normalized spacial score (nSPS) is 18.4. The van der Waals surface area contributed by atoms with Crippen LogP contribution in [0.3, 0.4) is 0 Å². The van der Waals surface area contributed by atoms with Crippen molar-refractivity contribution in [1.82, 2.24) is 4.98 Å². The summed E-state index contributed by atoms with van der Waals surface area (Å²) in [7, 11) is 0. The van der Waals surface area contributed by atoms with Gasteiger partial charge in [0.25, 0.3) is 0 Å². The van der Waals surface area contributed by atoms with Crippen LogP contribution in [0.4, 0.5) is 5.82 Å². The Balaban J connectivity index is 1.95. The Morgan fingerprint density at radius 2 is 2.12 bits per heavy atom. The van der Waals surface area contributed by atoms with E-state index in [0.717, 1.165) is 25.2 Å². The third kappa shape index (κ3) is 3.18. The van der Waals surface area contributed by atoms with E-state index in [1.165, 1.54) is 19.3 Å². The van der Waals surface area contributed by atoms with Crippen LogP contribution in [0.25, 0.3) is 0 Å². The third-order valence-electron chi connectivity index (χ3n) is 3.33. The molecule has 0 unspecified atom stereocenters. The predicted molar refractivity (Wildman–Crippen MR) is 67.4 cm³/mol. The third-order valence-corrected chi connectivity index (χ3v) is 3.33. The highest BCUT2D eigenvalue weighted by molar-refractivity contribution is 5.38. The fraction of sp³-hybridized carbons (Fsp3) is 0.538. The number of aromatic nitrogens is 1. The summed E-state index contributed by atoms with van der Waals surface area (Å²) in [6, 6.07) is 7.43. The van der Waals surface area contributed by atoms with Gasteiger partial charge >= 0.3 is 0 Å². The summed E-state index contributed by atoms with van der Waals surface area (Å²) in [6.45, 7) is 0.731. The van der Waals surface area contributed by atoms with Gasteiger partial charge in [-0.05, 0) is 25.0 Å². The van der Waals surface area contributed by atoms with Gasteiger partial charge in [0.1, 0.15) is 17.6 Å². The number of hydrogen-bond acceptors (Lipinski definition) is 4. The van der Waals surface area contributed by atoms with Gasteiger partial charge in [-0.3, -0.25) is 0 Å². The summed E-state index contributed by atoms with van der Waals surface area (Å²) >= 11 is 0. The molecule has 1 saturated carbocycles. The SMILES string of the molecule is N#Cc1cccc(NCC2(N)CCCCC2)n1. The molecule has 0 saturated heterocycles. The van der Waals surface area contributed by atoms with E-state index in [1.807, 2.05) is 18.2 Å². The molecular weight excluding hydrogens is 212 g/mol. The highest BCUT2D eigenvalue weighted by Crippen LogP contribution is 2.25. The van der Waals surface area contributed by atoms with Crippen LogP contribution < -0.4 is 11.1 Å². The molecule has 1 aromatic rings. The number of nitrogens with zero attached hydrogens (tertiary/aromatic N) is 2. The fourth-order valence-electron chi connectivity index (χ4n) is 2.29. The van der Waals surface area contributed by atoms with Gasteiger partial charge in [0.2, 0.25) is 0 Å². The van der Waals surface area contributed by atoms with Gasteiger partial charge in [-0.1, -0.05) is 25.3 Å². The van der Waals surface area contributed by atoms with Crippen LogP contribution in [0.2, 0.25) is 0 Å². The molecule has 0 atom stereocenters. The molecule has 0 amide bonds. The number of rotatable bonds is 3. The van der Waals surface area contributed by atoms with E-state index in [-0.39, 0.29) is 5.54 Å². The molecule has 1 aliphatic carbocycles. The number of nitrogens with two attached hydrogens (primary N) is 1. The molecule has 1 fully saturated rings. The topological polar surface area (TPSA) is 74.7 Å². The highest BCUT2D eigenvalue weighted by Gasteiger charge is 2.26. The number of hydrogen-bond donors (Lipinski definition) is 2. The van der Waals surface area contributed by atoms with Gasteiger partial charge in [0.15, 0.2) is 0 Å². The van der Waals surface area contributed by atoms with Crippen LogP contribution in [-0.2, 0) is 0 Å². The van der Waals surface area contributed by atoms with E-state index < -0.39 is 0 Å². The summed E-state index contributed by atoms with van der Waals surface area (Å²) in [5, 5.41) is 12.0. The lowest BCUT2D eigenvalue weighted by atomic mass is 9.82. The van der Waals surface area contributed by atoms with Crippen molar-refractivity contribution in [1.29, 1.82) is 5.26 Å². The molecule has 0 aromatic carbocycles. The first-order valence-corrected chi connectivity index (χ1v) is 6.12. The van der Waals surface area contributed by atoms with E-state index in [2.05, 4.69) is 10.3 Å². The quantitative estimate of drug-likeness (QED) is 0.833. The molecule has 4 nitrogen and oxygen atoms in total. The van der Waals surface area contributed by atoms with Gasteiger partial charge in [0.05, 0.1) is 0 Å². The zero-order valence-electron chi connectivity index (χ0n) is 9.95. The lowest BCUT2D eigenvalue weighted by Gasteiger charge is -2.33. The van der Waals surface area contributed by atoms with Crippen molar-refractivity contribution < 1.29 is 0 Å². The maximum absolute atomic E-state index is 8.76. The minimum absolute atomic E-state index is 0.109. The number of pyridine rings is 1. The van der Waals surface area contributed by atoms with Crippen LogP contribution in [0.5, 0.6) is 0 Å². The van der Waals surface area contributed by atoms with Crippen LogP contribution in [0.15, 0.2) is 18.2 Å². The summed E-state index contributed by atoms with van der Waals surface area (Å²) in [5.74, 6) is 0.736. The van der Waals surface area contributed by atoms with Gasteiger partial charge in [-0.2, -0.15) is 5.26 Å². The molecule has 1 aliphatic rings. The molecule has 0 radical (unpaired) electrons. The average molecular weight is 230 g/mol. The summed E-state index contributed by atoms with van der Waals surface area (Å²) in [4.78, 5) is 4.18. The molecule has 1 aromatic heterocycles. The van der Waals surface area contributed by atoms with Gasteiger partial charge in [0, 0.05) is 12.1 Å². The molecule has 1 heterocycles. The van der Waals surface area contributed by atoms with Crippen molar-refractivity contribution in [3.63, 3.8) is 0 Å². The van der Waals surface area contributed by atoms with Crippen LogP contribution >= 0.6 is 0 Å². The number of anilines is 1. The second-order valence-electron chi connectivity index (χ2n) is 4.80. The van der Waals surface area contributed by atoms with E-state index in [1.54, 1.807) is 6.07 Å². The van der Waals surface area contributed by atoms with Crippen molar-refractivity contribution in [2.24, 2.45) is 5.73 Å².